The maximum absolute atomic E-state index is 13.4. The van der Waals surface area contributed by atoms with Gasteiger partial charge in [-0.15, -0.1) is 0 Å². The fourth-order valence-electron chi connectivity index (χ4n) is 4.42. The highest BCUT2D eigenvalue weighted by molar-refractivity contribution is 7.89. The first-order valence-electron chi connectivity index (χ1n) is 13.5. The molecular weight excluding hydrogens is 577 g/mol. The Morgan fingerprint density at radius 2 is 1.81 bits per heavy atom. The summed E-state index contributed by atoms with van der Waals surface area (Å²) in [5.74, 6) is -1.83. The molecule has 230 valence electrons. The van der Waals surface area contributed by atoms with Crippen molar-refractivity contribution >= 4 is 28.2 Å². The van der Waals surface area contributed by atoms with Crippen molar-refractivity contribution in [2.45, 2.75) is 49.9 Å². The highest BCUT2D eigenvalue weighted by Crippen LogP contribution is 2.30. The van der Waals surface area contributed by atoms with E-state index in [1.807, 2.05) is 37.3 Å². The molecule has 3 rings (SSSR count). The van der Waals surface area contributed by atoms with Gasteiger partial charge in [0.1, 0.15) is 12.6 Å². The van der Waals surface area contributed by atoms with Crippen LogP contribution in [0.15, 0.2) is 59.5 Å². The minimum Gasteiger partial charge on any atom is -0.343 e. The Hall–Kier alpha value is -3.49. The zero-order chi connectivity index (χ0) is 30.9. The number of unbranched alkanes of at least 4 members (excludes halogenated alkanes) is 1. The van der Waals surface area contributed by atoms with Gasteiger partial charge in [-0.1, -0.05) is 50.1 Å². The number of hydrogen-bond donors (Lipinski definition) is 1. The molecule has 1 aliphatic heterocycles. The largest absolute Gasteiger partial charge is 0.416 e. The molecular formula is C28H35F3N4O6S. The molecule has 2 aromatic rings. The molecule has 3 amide bonds. The second-order valence-electron chi connectivity index (χ2n) is 10.0. The Bertz CT molecular complexity index is 1310. The molecule has 1 saturated heterocycles. The second-order valence-corrected chi connectivity index (χ2v) is 11.9. The van der Waals surface area contributed by atoms with Crippen LogP contribution in [0.3, 0.4) is 0 Å². The molecule has 2 unspecified atom stereocenters. The van der Waals surface area contributed by atoms with E-state index in [0.717, 1.165) is 33.5 Å². The quantitative estimate of drug-likeness (QED) is 0.275. The molecule has 1 N–H and O–H groups in total. The molecule has 42 heavy (non-hydrogen) atoms. The smallest absolute Gasteiger partial charge is 0.343 e. The summed E-state index contributed by atoms with van der Waals surface area (Å²) in [6, 6.07) is 11.0. The molecule has 1 fully saturated rings. The van der Waals surface area contributed by atoms with Gasteiger partial charge in [0.15, 0.2) is 0 Å². The molecule has 2 atom stereocenters. The maximum Gasteiger partial charge on any atom is 0.416 e. The van der Waals surface area contributed by atoms with E-state index in [-0.39, 0.29) is 31.1 Å². The minimum atomic E-state index is -4.63. The van der Waals surface area contributed by atoms with Crippen LogP contribution in [-0.4, -0.2) is 80.2 Å². The fraction of sp³-hybridized carbons (Fsp3) is 0.464. The van der Waals surface area contributed by atoms with Gasteiger partial charge in [0.05, 0.1) is 22.9 Å². The average Bonchev–Trinajstić information content (AvgIpc) is 3.11. The molecule has 0 spiro atoms. The molecule has 0 aliphatic carbocycles. The average molecular weight is 613 g/mol. The van der Waals surface area contributed by atoms with E-state index in [4.69, 9.17) is 4.84 Å². The van der Waals surface area contributed by atoms with Gasteiger partial charge in [-0.25, -0.2) is 13.5 Å². The third-order valence-electron chi connectivity index (χ3n) is 6.92. The molecule has 0 radical (unpaired) electrons. The van der Waals surface area contributed by atoms with Crippen LogP contribution in [0.5, 0.6) is 0 Å². The summed E-state index contributed by atoms with van der Waals surface area (Å²) >= 11 is 0. The number of rotatable bonds is 13. The van der Waals surface area contributed by atoms with Crippen molar-refractivity contribution in [3.05, 3.63) is 65.7 Å². The van der Waals surface area contributed by atoms with Crippen LogP contribution in [-0.2, 0) is 42.0 Å². The van der Waals surface area contributed by atoms with E-state index in [9.17, 15) is 36.0 Å². The zero-order valence-electron chi connectivity index (χ0n) is 23.4. The van der Waals surface area contributed by atoms with Crippen LogP contribution in [0.4, 0.5) is 13.2 Å². The topological polar surface area (TPSA) is 116 Å². The number of benzene rings is 2. The lowest BCUT2D eigenvalue weighted by atomic mass is 10.0. The van der Waals surface area contributed by atoms with E-state index in [1.165, 1.54) is 11.9 Å². The van der Waals surface area contributed by atoms with Crippen LogP contribution in [0.25, 0.3) is 0 Å². The third kappa shape index (κ3) is 8.76. The predicted molar refractivity (Wildman–Crippen MR) is 147 cm³/mol. The van der Waals surface area contributed by atoms with Gasteiger partial charge in [-0.2, -0.15) is 17.5 Å². The van der Waals surface area contributed by atoms with Crippen molar-refractivity contribution in [2.24, 2.45) is 5.92 Å². The number of hydrogen-bond acceptors (Lipinski definition) is 6. The Kier molecular flexibility index (Phi) is 11.5. The minimum absolute atomic E-state index is 0.0105. The standard InChI is InChI=1S/C28H35F3N4O6S/c1-3-4-10-22(17-34(20-36)41-19-21-8-6-5-7-9-21)26(37)32-25-18-35(16-15-33(2)27(25)38)42(39,40)24-13-11-23(12-14-24)28(29,30)31/h5-9,11-14,20,22,25H,3-4,10,15-19H2,1-2H3,(H,32,37). The number of nitrogens with one attached hydrogen (secondary N) is 1. The monoisotopic (exact) mass is 612 g/mol. The summed E-state index contributed by atoms with van der Waals surface area (Å²) in [6.45, 7) is 1.42. The molecule has 14 heteroatoms. The normalized spacial score (nSPS) is 17.4. The molecule has 1 heterocycles. The maximum atomic E-state index is 13.4. The highest BCUT2D eigenvalue weighted by Gasteiger charge is 2.37. The number of alkyl halides is 3. The predicted octanol–water partition coefficient (Wildman–Crippen LogP) is 3.05. The van der Waals surface area contributed by atoms with Crippen LogP contribution in [0.2, 0.25) is 0 Å². The summed E-state index contributed by atoms with van der Waals surface area (Å²) in [5.41, 5.74) is -0.173. The van der Waals surface area contributed by atoms with Gasteiger partial charge in [0, 0.05) is 26.7 Å². The van der Waals surface area contributed by atoms with Crippen molar-refractivity contribution in [2.75, 3.05) is 33.2 Å². The van der Waals surface area contributed by atoms with E-state index < -0.39 is 52.1 Å². The van der Waals surface area contributed by atoms with E-state index >= 15 is 0 Å². The molecule has 1 aliphatic rings. The Balaban J connectivity index is 1.75. The van der Waals surface area contributed by atoms with Crippen molar-refractivity contribution in [3.8, 4) is 0 Å². The Morgan fingerprint density at radius 3 is 2.40 bits per heavy atom. The van der Waals surface area contributed by atoms with Crippen LogP contribution in [0, 0.1) is 5.92 Å². The second kappa shape index (κ2) is 14.6. The highest BCUT2D eigenvalue weighted by atomic mass is 32.2. The molecule has 0 aromatic heterocycles. The van der Waals surface area contributed by atoms with Gasteiger partial charge in [-0.05, 0) is 36.2 Å². The number of carbonyl (C=O) groups is 3. The number of likely N-dealkylation sites (N-methyl/N-ethyl adjacent to an activating group) is 1. The Labute approximate surface area is 243 Å². The van der Waals surface area contributed by atoms with E-state index in [0.29, 0.717) is 31.4 Å². The summed E-state index contributed by atoms with van der Waals surface area (Å²) < 4.78 is 66.6. The number of amides is 3. The number of hydroxylamine groups is 2. The number of halogens is 3. The number of nitrogens with zero attached hydrogens (tertiary/aromatic N) is 3. The first-order valence-corrected chi connectivity index (χ1v) is 14.9. The summed E-state index contributed by atoms with van der Waals surface area (Å²) in [4.78, 5) is 44.7. The van der Waals surface area contributed by atoms with Crippen LogP contribution >= 0.6 is 0 Å². The molecule has 0 saturated carbocycles. The summed E-state index contributed by atoms with van der Waals surface area (Å²) in [5, 5.41) is 3.67. The van der Waals surface area contributed by atoms with Gasteiger partial charge in [0.2, 0.25) is 28.2 Å². The van der Waals surface area contributed by atoms with Gasteiger partial charge < -0.3 is 10.2 Å². The van der Waals surface area contributed by atoms with E-state index in [1.54, 1.807) is 0 Å². The van der Waals surface area contributed by atoms with E-state index in [2.05, 4.69) is 5.32 Å². The van der Waals surface area contributed by atoms with Crippen molar-refractivity contribution < 1.29 is 40.8 Å². The van der Waals surface area contributed by atoms with Crippen LogP contribution in [0.1, 0.15) is 37.3 Å². The van der Waals surface area contributed by atoms with Gasteiger partial charge >= 0.3 is 6.18 Å². The first-order chi connectivity index (χ1) is 19.9. The summed E-state index contributed by atoms with van der Waals surface area (Å²) in [6.07, 6.45) is -2.37. The van der Waals surface area contributed by atoms with Gasteiger partial charge in [-0.3, -0.25) is 19.2 Å². The Morgan fingerprint density at radius 1 is 1.14 bits per heavy atom. The van der Waals surface area contributed by atoms with Crippen LogP contribution < -0.4 is 5.32 Å². The molecule has 10 nitrogen and oxygen atoms in total. The lowest BCUT2D eigenvalue weighted by Gasteiger charge is -2.27. The molecule has 2 aromatic carbocycles. The number of carbonyl (C=O) groups excluding carboxylic acids is 3. The third-order valence-corrected chi connectivity index (χ3v) is 8.80. The summed E-state index contributed by atoms with van der Waals surface area (Å²) in [7, 11) is -2.82. The van der Waals surface area contributed by atoms with Gasteiger partial charge in [0.25, 0.3) is 0 Å². The SMILES string of the molecule is CCCCC(CN(C=O)OCc1ccccc1)C(=O)NC1CN(S(=O)(=O)c2ccc(C(F)(F)F)cc2)CCN(C)C1=O. The lowest BCUT2D eigenvalue weighted by Crippen LogP contribution is -2.53. The molecule has 0 bridgehead atoms. The lowest BCUT2D eigenvalue weighted by molar-refractivity contribution is -0.182. The zero-order valence-corrected chi connectivity index (χ0v) is 24.2. The number of sulfonamides is 1. The van der Waals surface area contributed by atoms with Crippen molar-refractivity contribution in [3.63, 3.8) is 0 Å². The fourth-order valence-corrected chi connectivity index (χ4v) is 5.87. The first kappa shape index (κ1) is 33.0. The van der Waals surface area contributed by atoms with Crippen molar-refractivity contribution in [1.82, 2.24) is 19.6 Å². The van der Waals surface area contributed by atoms with Crippen molar-refractivity contribution in [1.29, 1.82) is 0 Å².